The lowest BCUT2D eigenvalue weighted by molar-refractivity contribution is 0.0521. The second-order valence-corrected chi connectivity index (χ2v) is 9.72. The Morgan fingerprint density at radius 1 is 0.789 bits per heavy atom. The van der Waals surface area contributed by atoms with Crippen LogP contribution in [0.2, 0.25) is 0 Å². The second kappa shape index (κ2) is 12.1. The van der Waals surface area contributed by atoms with E-state index in [0.29, 0.717) is 11.1 Å². The molecule has 38 heavy (non-hydrogen) atoms. The van der Waals surface area contributed by atoms with Crippen LogP contribution in [-0.2, 0) is 9.47 Å². The van der Waals surface area contributed by atoms with E-state index in [9.17, 15) is 29.7 Å². The van der Waals surface area contributed by atoms with E-state index in [1.54, 1.807) is 27.7 Å². The minimum Gasteiger partial charge on any atom is -0.462 e. The zero-order valence-electron chi connectivity index (χ0n) is 20.9. The number of esters is 2. The molecule has 10 nitrogen and oxygen atoms in total. The fourth-order valence-electron chi connectivity index (χ4n) is 3.41. The summed E-state index contributed by atoms with van der Waals surface area (Å²) in [7, 11) is 0. The Hall–Kier alpha value is -4.52. The summed E-state index contributed by atoms with van der Waals surface area (Å²) in [5.41, 5.74) is 1.35. The molecule has 0 aliphatic carbocycles. The number of anilines is 2. The van der Waals surface area contributed by atoms with Gasteiger partial charge in [-0.2, -0.15) is 10.5 Å². The zero-order valence-corrected chi connectivity index (χ0v) is 22.5. The van der Waals surface area contributed by atoms with Crippen LogP contribution in [0.25, 0.3) is 0 Å². The first-order valence-electron chi connectivity index (χ1n) is 11.3. The smallest absolute Gasteiger partial charge is 0.348 e. The van der Waals surface area contributed by atoms with Crippen molar-refractivity contribution >= 4 is 56.4 Å². The topological polar surface area (TPSA) is 158 Å². The minimum atomic E-state index is -0.595. The SMILES string of the molecule is CCOC(=O)c1sc(NC(=O)c2cccc(C(=O)Nc3sc(C(=O)OCC)c(C)c3C#N)c2)c(C#N)c1C. The Morgan fingerprint density at radius 2 is 1.18 bits per heavy atom. The normalized spacial score (nSPS) is 10.2. The van der Waals surface area contributed by atoms with Crippen molar-refractivity contribution in [3.05, 3.63) is 67.4 Å². The van der Waals surface area contributed by atoms with E-state index >= 15 is 0 Å². The first kappa shape index (κ1) is 28.1. The molecule has 2 aromatic heterocycles. The largest absolute Gasteiger partial charge is 0.462 e. The summed E-state index contributed by atoms with van der Waals surface area (Å²) in [5.74, 6) is -2.36. The number of hydrogen-bond acceptors (Lipinski definition) is 10. The van der Waals surface area contributed by atoms with E-state index in [0.717, 1.165) is 22.7 Å². The van der Waals surface area contributed by atoms with Gasteiger partial charge in [0.15, 0.2) is 0 Å². The molecule has 0 saturated carbocycles. The Morgan fingerprint density at radius 3 is 1.53 bits per heavy atom. The van der Waals surface area contributed by atoms with Gasteiger partial charge >= 0.3 is 11.9 Å². The third-order valence-electron chi connectivity index (χ3n) is 5.28. The zero-order chi connectivity index (χ0) is 28.0. The number of nitriles is 2. The summed E-state index contributed by atoms with van der Waals surface area (Å²) >= 11 is 1.86. The molecule has 2 heterocycles. The molecule has 0 aliphatic heterocycles. The van der Waals surface area contributed by atoms with Crippen molar-refractivity contribution in [1.82, 2.24) is 0 Å². The van der Waals surface area contributed by atoms with Gasteiger partial charge in [-0.3, -0.25) is 9.59 Å². The van der Waals surface area contributed by atoms with Gasteiger partial charge in [-0.15, -0.1) is 22.7 Å². The molecular weight excluding hydrogens is 528 g/mol. The highest BCUT2D eigenvalue weighted by Crippen LogP contribution is 2.34. The molecule has 3 rings (SSSR count). The van der Waals surface area contributed by atoms with Crippen molar-refractivity contribution in [1.29, 1.82) is 10.5 Å². The van der Waals surface area contributed by atoms with Crippen LogP contribution >= 0.6 is 22.7 Å². The number of amides is 2. The van der Waals surface area contributed by atoms with Crippen molar-refractivity contribution in [3.8, 4) is 12.1 Å². The minimum absolute atomic E-state index is 0.125. The lowest BCUT2D eigenvalue weighted by Crippen LogP contribution is -2.15. The molecule has 2 N–H and O–H groups in total. The highest BCUT2D eigenvalue weighted by molar-refractivity contribution is 7.19. The summed E-state index contributed by atoms with van der Waals surface area (Å²) in [5, 5.41) is 24.7. The molecular formula is C26H22N4O6S2. The highest BCUT2D eigenvalue weighted by atomic mass is 32.1. The molecule has 0 bridgehead atoms. The van der Waals surface area contributed by atoms with Crippen molar-refractivity contribution in [2.75, 3.05) is 23.8 Å². The fraction of sp³-hybridized carbons (Fsp3) is 0.231. The summed E-state index contributed by atoms with van der Waals surface area (Å²) in [6, 6.07) is 9.82. The van der Waals surface area contributed by atoms with Crippen molar-refractivity contribution < 1.29 is 28.7 Å². The molecule has 12 heteroatoms. The molecule has 0 unspecified atom stereocenters. The summed E-state index contributed by atoms with van der Waals surface area (Å²) in [6.07, 6.45) is 0. The maximum Gasteiger partial charge on any atom is 0.348 e. The molecule has 0 spiro atoms. The van der Waals surface area contributed by atoms with E-state index in [2.05, 4.69) is 10.6 Å². The third kappa shape index (κ3) is 5.72. The predicted octanol–water partition coefficient (Wildman–Crippen LogP) is 5.03. The first-order chi connectivity index (χ1) is 18.2. The second-order valence-electron chi connectivity index (χ2n) is 7.67. The molecule has 0 aliphatic rings. The molecule has 1 aromatic carbocycles. The third-order valence-corrected chi connectivity index (χ3v) is 7.65. The first-order valence-corrected chi connectivity index (χ1v) is 12.9. The van der Waals surface area contributed by atoms with Gasteiger partial charge in [0.05, 0.1) is 24.3 Å². The van der Waals surface area contributed by atoms with Crippen LogP contribution < -0.4 is 10.6 Å². The van der Waals surface area contributed by atoms with Crippen LogP contribution in [0.4, 0.5) is 10.0 Å². The van der Waals surface area contributed by atoms with Crippen molar-refractivity contribution in [2.45, 2.75) is 27.7 Å². The summed E-state index contributed by atoms with van der Waals surface area (Å²) in [4.78, 5) is 50.7. The van der Waals surface area contributed by atoms with E-state index in [4.69, 9.17) is 9.47 Å². The summed E-state index contributed by atoms with van der Waals surface area (Å²) < 4.78 is 10.0. The van der Waals surface area contributed by atoms with E-state index in [1.807, 2.05) is 12.1 Å². The number of hydrogen-bond donors (Lipinski definition) is 2. The fourth-order valence-corrected chi connectivity index (χ4v) is 5.50. The van der Waals surface area contributed by atoms with Crippen LogP contribution in [0, 0.1) is 36.5 Å². The molecule has 2 amide bonds. The number of nitrogens with one attached hydrogen (secondary N) is 2. The van der Waals surface area contributed by atoms with E-state index < -0.39 is 23.8 Å². The van der Waals surface area contributed by atoms with Gasteiger partial charge in [-0.1, -0.05) is 6.07 Å². The molecule has 0 radical (unpaired) electrons. The quantitative estimate of drug-likeness (QED) is 0.370. The van der Waals surface area contributed by atoms with Gasteiger partial charge in [0.2, 0.25) is 0 Å². The van der Waals surface area contributed by atoms with Crippen LogP contribution in [-0.4, -0.2) is 37.0 Å². The monoisotopic (exact) mass is 550 g/mol. The average Bonchev–Trinajstić information content (AvgIpc) is 3.39. The standard InChI is InChI=1S/C26H22N4O6S2/c1-5-35-25(33)19-13(3)17(11-27)23(37-19)29-21(31)15-8-7-9-16(10-15)22(32)30-24-18(12-28)14(4)20(38-24)26(34)36-6-2/h7-10H,5-6H2,1-4H3,(H,29,31)(H,30,32). The van der Waals surface area contributed by atoms with Gasteiger partial charge in [0, 0.05) is 11.1 Å². The number of thiophene rings is 2. The maximum absolute atomic E-state index is 13.0. The average molecular weight is 551 g/mol. The van der Waals surface area contributed by atoms with Gasteiger partial charge in [0.25, 0.3) is 11.8 Å². The number of ether oxygens (including phenoxy) is 2. The Balaban J connectivity index is 1.84. The number of rotatable bonds is 8. The maximum atomic E-state index is 13.0. The predicted molar refractivity (Wildman–Crippen MR) is 142 cm³/mol. The lowest BCUT2D eigenvalue weighted by Gasteiger charge is -2.07. The number of benzene rings is 1. The molecule has 0 atom stereocenters. The number of nitrogens with zero attached hydrogens (tertiary/aromatic N) is 2. The molecule has 0 fully saturated rings. The number of carbonyl (C=O) groups is 4. The van der Waals surface area contributed by atoms with Gasteiger partial charge < -0.3 is 20.1 Å². The molecule has 194 valence electrons. The van der Waals surface area contributed by atoms with Crippen molar-refractivity contribution in [3.63, 3.8) is 0 Å². The van der Waals surface area contributed by atoms with Gasteiger partial charge in [-0.05, 0) is 57.0 Å². The van der Waals surface area contributed by atoms with E-state index in [-0.39, 0.29) is 55.2 Å². The molecule has 0 saturated heterocycles. The van der Waals surface area contributed by atoms with Gasteiger partial charge in [0.1, 0.15) is 31.9 Å². The van der Waals surface area contributed by atoms with Gasteiger partial charge in [-0.25, -0.2) is 9.59 Å². The lowest BCUT2D eigenvalue weighted by atomic mass is 10.1. The van der Waals surface area contributed by atoms with Crippen LogP contribution in [0.3, 0.4) is 0 Å². The number of carbonyl (C=O) groups excluding carboxylic acids is 4. The Labute approximate surface area is 226 Å². The van der Waals surface area contributed by atoms with E-state index in [1.165, 1.54) is 24.3 Å². The highest BCUT2D eigenvalue weighted by Gasteiger charge is 2.24. The summed E-state index contributed by atoms with van der Waals surface area (Å²) in [6.45, 7) is 6.85. The Kier molecular flexibility index (Phi) is 8.97. The van der Waals surface area contributed by atoms with Crippen molar-refractivity contribution in [2.24, 2.45) is 0 Å². The van der Waals surface area contributed by atoms with Crippen LogP contribution in [0.15, 0.2) is 24.3 Å². The Bertz CT molecular complexity index is 1410. The van der Waals surface area contributed by atoms with Crippen LogP contribution in [0.1, 0.15) is 76.2 Å². The molecule has 3 aromatic rings. The van der Waals surface area contributed by atoms with Crippen LogP contribution in [0.5, 0.6) is 0 Å².